The number of hydrogen-bond acceptors (Lipinski definition) is 4. The van der Waals surface area contributed by atoms with Crippen LogP contribution in [0.2, 0.25) is 0 Å². The van der Waals surface area contributed by atoms with Crippen LogP contribution >= 0.6 is 27.3 Å². The van der Waals surface area contributed by atoms with Gasteiger partial charge in [-0.1, -0.05) is 0 Å². The van der Waals surface area contributed by atoms with Gasteiger partial charge in [-0.15, -0.1) is 11.3 Å². The number of rotatable bonds is 3. The number of aromatic nitrogens is 2. The van der Waals surface area contributed by atoms with E-state index in [9.17, 15) is 4.79 Å². The molecule has 0 unspecified atom stereocenters. The Bertz CT molecular complexity index is 603. The van der Waals surface area contributed by atoms with Gasteiger partial charge in [-0.25, -0.2) is 0 Å². The first-order chi connectivity index (χ1) is 9.74. The molecule has 1 saturated heterocycles. The van der Waals surface area contributed by atoms with Crippen molar-refractivity contribution in [2.24, 2.45) is 0 Å². The molecule has 20 heavy (non-hydrogen) atoms. The first-order valence-corrected chi connectivity index (χ1v) is 8.20. The number of carbonyl (C=O) groups excluding carboxylic acids is 1. The van der Waals surface area contributed by atoms with Gasteiger partial charge >= 0.3 is 0 Å². The van der Waals surface area contributed by atoms with Crippen molar-refractivity contribution in [1.82, 2.24) is 15.1 Å². The van der Waals surface area contributed by atoms with Gasteiger partial charge in [-0.3, -0.25) is 9.48 Å². The Balaban J connectivity index is 1.68. The average Bonchev–Trinajstić information content (AvgIpc) is 3.09. The molecule has 1 fully saturated rings. The molecule has 1 aliphatic heterocycles. The molecule has 0 atom stereocenters. The summed E-state index contributed by atoms with van der Waals surface area (Å²) in [5, 5.41) is 12.5. The van der Waals surface area contributed by atoms with Gasteiger partial charge in [0.25, 0.3) is 5.91 Å². The van der Waals surface area contributed by atoms with Gasteiger partial charge in [0.05, 0.1) is 17.9 Å². The van der Waals surface area contributed by atoms with Crippen molar-refractivity contribution in [2.75, 3.05) is 18.4 Å². The van der Waals surface area contributed by atoms with Gasteiger partial charge in [0.2, 0.25) is 0 Å². The number of hydrogen-bond donors (Lipinski definition) is 2. The van der Waals surface area contributed by atoms with Gasteiger partial charge in [0.15, 0.2) is 0 Å². The monoisotopic (exact) mass is 354 g/mol. The van der Waals surface area contributed by atoms with E-state index in [1.165, 1.54) is 11.3 Å². The van der Waals surface area contributed by atoms with E-state index >= 15 is 0 Å². The van der Waals surface area contributed by atoms with E-state index in [-0.39, 0.29) is 5.91 Å². The van der Waals surface area contributed by atoms with Crippen molar-refractivity contribution in [3.8, 4) is 0 Å². The quantitative estimate of drug-likeness (QED) is 0.890. The van der Waals surface area contributed by atoms with Crippen molar-refractivity contribution in [2.45, 2.75) is 18.9 Å². The molecule has 0 bridgehead atoms. The highest BCUT2D eigenvalue weighted by Gasteiger charge is 2.17. The molecule has 0 radical (unpaired) electrons. The molecule has 3 heterocycles. The molecule has 0 aromatic carbocycles. The van der Waals surface area contributed by atoms with Gasteiger partial charge in [0.1, 0.15) is 4.88 Å². The highest BCUT2D eigenvalue weighted by molar-refractivity contribution is 9.10. The van der Waals surface area contributed by atoms with E-state index in [0.29, 0.717) is 10.9 Å². The smallest absolute Gasteiger partial charge is 0.266 e. The van der Waals surface area contributed by atoms with E-state index in [0.717, 1.165) is 36.1 Å². The Morgan fingerprint density at radius 1 is 1.50 bits per heavy atom. The van der Waals surface area contributed by atoms with E-state index in [2.05, 4.69) is 31.7 Å². The van der Waals surface area contributed by atoms with Crippen LogP contribution in [0.15, 0.2) is 28.3 Å². The number of amides is 1. The number of nitrogens with one attached hydrogen (secondary N) is 2. The molecule has 1 aliphatic rings. The van der Waals surface area contributed by atoms with E-state index in [1.807, 2.05) is 22.3 Å². The molecular formula is C13H15BrN4OS. The third kappa shape index (κ3) is 2.94. The number of nitrogens with zero attached hydrogens (tertiary/aromatic N) is 2. The number of anilines is 1. The highest BCUT2D eigenvalue weighted by Crippen LogP contribution is 2.24. The van der Waals surface area contributed by atoms with Crippen LogP contribution in [0.25, 0.3) is 0 Å². The summed E-state index contributed by atoms with van der Waals surface area (Å²) < 4.78 is 2.78. The zero-order chi connectivity index (χ0) is 13.9. The number of carbonyl (C=O) groups is 1. The third-order valence-corrected chi connectivity index (χ3v) is 5.20. The molecular weight excluding hydrogens is 340 g/mol. The normalized spacial score (nSPS) is 16.2. The molecule has 2 aromatic rings. The average molecular weight is 355 g/mol. The first-order valence-electron chi connectivity index (χ1n) is 6.53. The van der Waals surface area contributed by atoms with Crippen LogP contribution in [0.1, 0.15) is 28.6 Å². The molecule has 7 heteroatoms. The second-order valence-corrected chi connectivity index (χ2v) is 6.51. The van der Waals surface area contributed by atoms with Gasteiger partial charge in [-0.2, -0.15) is 5.10 Å². The van der Waals surface area contributed by atoms with Crippen LogP contribution in [0, 0.1) is 0 Å². The zero-order valence-electron chi connectivity index (χ0n) is 10.8. The summed E-state index contributed by atoms with van der Waals surface area (Å²) in [6.45, 7) is 2.04. The van der Waals surface area contributed by atoms with Gasteiger partial charge in [-0.05, 0) is 53.3 Å². The fourth-order valence-corrected chi connectivity index (χ4v) is 3.76. The van der Waals surface area contributed by atoms with Crippen molar-refractivity contribution >= 4 is 38.9 Å². The van der Waals surface area contributed by atoms with E-state index < -0.39 is 0 Å². The summed E-state index contributed by atoms with van der Waals surface area (Å²) in [6.07, 6.45) is 5.77. The molecule has 3 rings (SSSR count). The van der Waals surface area contributed by atoms with Crippen LogP contribution in [-0.2, 0) is 0 Å². The molecule has 1 amide bonds. The van der Waals surface area contributed by atoms with Crippen molar-refractivity contribution in [1.29, 1.82) is 0 Å². The number of thiophene rings is 1. The minimum absolute atomic E-state index is 0.100. The SMILES string of the molecule is O=C(Nc1cnn(C2CCNCC2)c1)c1sccc1Br. The summed E-state index contributed by atoms with van der Waals surface area (Å²) in [4.78, 5) is 12.8. The molecule has 0 spiro atoms. The van der Waals surface area contributed by atoms with Gasteiger partial charge in [0, 0.05) is 10.7 Å². The number of piperidine rings is 1. The summed E-state index contributed by atoms with van der Waals surface area (Å²) in [6, 6.07) is 2.30. The Kier molecular flexibility index (Phi) is 4.18. The van der Waals surface area contributed by atoms with Crippen molar-refractivity contribution in [3.05, 3.63) is 33.2 Å². The number of halogens is 1. The van der Waals surface area contributed by atoms with Crippen LogP contribution in [0.4, 0.5) is 5.69 Å². The summed E-state index contributed by atoms with van der Waals surface area (Å²) in [7, 11) is 0. The Morgan fingerprint density at radius 2 is 2.30 bits per heavy atom. The molecule has 0 aliphatic carbocycles. The maximum atomic E-state index is 12.1. The third-order valence-electron chi connectivity index (χ3n) is 3.37. The lowest BCUT2D eigenvalue weighted by molar-refractivity contribution is 0.103. The first kappa shape index (κ1) is 13.8. The standard InChI is InChI=1S/C13H15BrN4OS/c14-11-3-6-20-12(11)13(19)17-9-7-16-18(8-9)10-1-4-15-5-2-10/h3,6-8,10,15H,1-2,4-5H2,(H,17,19). The second kappa shape index (κ2) is 6.07. The highest BCUT2D eigenvalue weighted by atomic mass is 79.9. The van der Waals surface area contributed by atoms with Crippen molar-refractivity contribution in [3.63, 3.8) is 0 Å². The summed E-state index contributed by atoms with van der Waals surface area (Å²) in [5.74, 6) is -0.100. The minimum Gasteiger partial charge on any atom is -0.319 e. The minimum atomic E-state index is -0.100. The van der Waals surface area contributed by atoms with Crippen LogP contribution in [0.5, 0.6) is 0 Å². The fourth-order valence-electron chi connectivity index (χ4n) is 2.32. The van der Waals surface area contributed by atoms with Crippen LogP contribution in [-0.4, -0.2) is 28.8 Å². The lowest BCUT2D eigenvalue weighted by Crippen LogP contribution is -2.29. The molecule has 5 nitrogen and oxygen atoms in total. The predicted molar refractivity (Wildman–Crippen MR) is 83.3 cm³/mol. The molecule has 2 N–H and O–H groups in total. The van der Waals surface area contributed by atoms with Crippen LogP contribution in [0.3, 0.4) is 0 Å². The lowest BCUT2D eigenvalue weighted by atomic mass is 10.1. The summed E-state index contributed by atoms with van der Waals surface area (Å²) in [5.41, 5.74) is 0.744. The molecule has 0 saturated carbocycles. The van der Waals surface area contributed by atoms with E-state index in [1.54, 1.807) is 6.20 Å². The topological polar surface area (TPSA) is 59.0 Å². The lowest BCUT2D eigenvalue weighted by Gasteiger charge is -2.22. The predicted octanol–water partition coefficient (Wildman–Crippen LogP) is 2.88. The summed E-state index contributed by atoms with van der Waals surface area (Å²) >= 11 is 4.79. The largest absolute Gasteiger partial charge is 0.319 e. The maximum Gasteiger partial charge on any atom is 0.266 e. The zero-order valence-corrected chi connectivity index (χ0v) is 13.2. The fraction of sp³-hybridized carbons (Fsp3) is 0.385. The van der Waals surface area contributed by atoms with Gasteiger partial charge < -0.3 is 10.6 Å². The Hall–Kier alpha value is -1.18. The Morgan fingerprint density at radius 3 is 3.00 bits per heavy atom. The molecule has 2 aromatic heterocycles. The van der Waals surface area contributed by atoms with Crippen molar-refractivity contribution < 1.29 is 4.79 Å². The second-order valence-electron chi connectivity index (χ2n) is 4.74. The maximum absolute atomic E-state index is 12.1. The van der Waals surface area contributed by atoms with E-state index in [4.69, 9.17) is 0 Å². The molecule has 106 valence electrons. The van der Waals surface area contributed by atoms with Crippen LogP contribution < -0.4 is 10.6 Å². The Labute approximate surface area is 129 Å².